The van der Waals surface area contributed by atoms with Crippen molar-refractivity contribution in [1.29, 1.82) is 0 Å². The van der Waals surface area contributed by atoms with E-state index in [-0.39, 0.29) is 6.04 Å². The molecule has 84 valence electrons. The van der Waals surface area contributed by atoms with Crippen LogP contribution in [0.5, 0.6) is 0 Å². The van der Waals surface area contributed by atoms with E-state index in [9.17, 15) is 0 Å². The number of nitrogens with one attached hydrogen (secondary N) is 1. The highest BCUT2D eigenvalue weighted by Gasteiger charge is 2.28. The molecule has 0 aliphatic carbocycles. The average molecular weight is 209 g/mol. The van der Waals surface area contributed by atoms with Crippen LogP contribution in [0, 0.1) is 5.92 Å². The van der Waals surface area contributed by atoms with Crippen molar-refractivity contribution in [2.45, 2.75) is 45.6 Å². The topological polar surface area (TPSA) is 51.0 Å². The minimum absolute atomic E-state index is 0.271. The smallest absolute Gasteiger partial charge is 0.244 e. The minimum atomic E-state index is 0.271. The molecule has 0 radical (unpaired) electrons. The maximum atomic E-state index is 5.29. The van der Waals surface area contributed by atoms with Crippen LogP contribution < -0.4 is 5.32 Å². The monoisotopic (exact) mass is 209 g/mol. The van der Waals surface area contributed by atoms with E-state index in [0.717, 1.165) is 31.1 Å². The first-order chi connectivity index (χ1) is 7.31. The molecular weight excluding hydrogens is 190 g/mol. The highest BCUT2D eigenvalue weighted by molar-refractivity contribution is 4.97. The molecule has 2 atom stereocenters. The predicted octanol–water partition coefficient (Wildman–Crippen LogP) is 2.08. The molecule has 4 nitrogen and oxygen atoms in total. The third-order valence-electron chi connectivity index (χ3n) is 3.04. The molecule has 1 aromatic heterocycles. The SMILES string of the molecule is CCCCc1noc(C2NCCC2C)n1. The highest BCUT2D eigenvalue weighted by atomic mass is 16.5. The summed E-state index contributed by atoms with van der Waals surface area (Å²) < 4.78 is 5.29. The number of unbranched alkanes of at least 4 members (excludes halogenated alkanes) is 1. The predicted molar refractivity (Wildman–Crippen MR) is 57.4 cm³/mol. The zero-order valence-corrected chi connectivity index (χ0v) is 9.49. The van der Waals surface area contributed by atoms with Gasteiger partial charge in [0.2, 0.25) is 5.89 Å². The molecule has 15 heavy (non-hydrogen) atoms. The van der Waals surface area contributed by atoms with Gasteiger partial charge in [0.15, 0.2) is 5.82 Å². The number of aryl methyl sites for hydroxylation is 1. The number of rotatable bonds is 4. The zero-order valence-electron chi connectivity index (χ0n) is 9.49. The van der Waals surface area contributed by atoms with Gasteiger partial charge < -0.3 is 9.84 Å². The van der Waals surface area contributed by atoms with Crippen molar-refractivity contribution < 1.29 is 4.52 Å². The van der Waals surface area contributed by atoms with Crippen molar-refractivity contribution in [2.24, 2.45) is 5.92 Å². The Balaban J connectivity index is 1.99. The second-order valence-electron chi connectivity index (χ2n) is 4.35. The average Bonchev–Trinajstić information content (AvgIpc) is 2.83. The highest BCUT2D eigenvalue weighted by Crippen LogP contribution is 2.27. The fourth-order valence-corrected chi connectivity index (χ4v) is 2.00. The Hall–Kier alpha value is -0.900. The molecule has 0 saturated carbocycles. The molecule has 1 N–H and O–H groups in total. The van der Waals surface area contributed by atoms with Gasteiger partial charge in [0.1, 0.15) is 0 Å². The number of hydrogen-bond donors (Lipinski definition) is 1. The summed E-state index contributed by atoms with van der Waals surface area (Å²) in [6.07, 6.45) is 4.42. The van der Waals surface area contributed by atoms with Gasteiger partial charge in [0.25, 0.3) is 0 Å². The van der Waals surface area contributed by atoms with E-state index in [1.54, 1.807) is 0 Å². The van der Waals surface area contributed by atoms with E-state index < -0.39 is 0 Å². The number of aromatic nitrogens is 2. The largest absolute Gasteiger partial charge is 0.338 e. The molecule has 4 heteroatoms. The Morgan fingerprint density at radius 1 is 1.53 bits per heavy atom. The first kappa shape index (κ1) is 10.6. The fourth-order valence-electron chi connectivity index (χ4n) is 2.00. The van der Waals surface area contributed by atoms with Crippen molar-refractivity contribution >= 4 is 0 Å². The Bertz CT molecular complexity index is 311. The van der Waals surface area contributed by atoms with Gasteiger partial charge in [-0.2, -0.15) is 4.98 Å². The van der Waals surface area contributed by atoms with Crippen LogP contribution in [0.3, 0.4) is 0 Å². The van der Waals surface area contributed by atoms with Gasteiger partial charge in [-0.1, -0.05) is 25.4 Å². The molecule has 2 heterocycles. The fraction of sp³-hybridized carbons (Fsp3) is 0.818. The van der Waals surface area contributed by atoms with E-state index in [4.69, 9.17) is 4.52 Å². The van der Waals surface area contributed by atoms with E-state index >= 15 is 0 Å². The summed E-state index contributed by atoms with van der Waals surface area (Å²) in [5, 5.41) is 7.40. The van der Waals surface area contributed by atoms with Gasteiger partial charge in [-0.15, -0.1) is 0 Å². The van der Waals surface area contributed by atoms with Crippen LogP contribution in [-0.2, 0) is 6.42 Å². The molecule has 2 unspecified atom stereocenters. The Morgan fingerprint density at radius 3 is 3.07 bits per heavy atom. The summed E-state index contributed by atoms with van der Waals surface area (Å²) in [5.74, 6) is 2.23. The molecule has 0 aromatic carbocycles. The summed E-state index contributed by atoms with van der Waals surface area (Å²) in [6, 6.07) is 0.271. The van der Waals surface area contributed by atoms with Gasteiger partial charge in [-0.3, -0.25) is 0 Å². The molecule has 1 saturated heterocycles. The summed E-state index contributed by atoms with van der Waals surface area (Å²) >= 11 is 0. The molecular formula is C11H19N3O. The summed E-state index contributed by atoms with van der Waals surface area (Å²) in [4.78, 5) is 4.44. The Labute approximate surface area is 90.4 Å². The van der Waals surface area contributed by atoms with E-state index in [1.165, 1.54) is 12.8 Å². The van der Waals surface area contributed by atoms with E-state index in [2.05, 4.69) is 29.3 Å². The van der Waals surface area contributed by atoms with Crippen LogP contribution in [0.2, 0.25) is 0 Å². The molecule has 2 rings (SSSR count). The van der Waals surface area contributed by atoms with Crippen LogP contribution in [0.25, 0.3) is 0 Å². The van der Waals surface area contributed by atoms with Crippen molar-refractivity contribution in [3.8, 4) is 0 Å². The lowest BCUT2D eigenvalue weighted by Gasteiger charge is -2.09. The Kier molecular flexibility index (Phi) is 3.36. The normalized spacial score (nSPS) is 26.0. The first-order valence-corrected chi connectivity index (χ1v) is 5.87. The lowest BCUT2D eigenvalue weighted by Crippen LogP contribution is -2.16. The summed E-state index contributed by atoms with van der Waals surface area (Å²) in [6.45, 7) is 5.45. The number of hydrogen-bond acceptors (Lipinski definition) is 4. The molecule has 1 aliphatic heterocycles. The third kappa shape index (κ3) is 2.37. The van der Waals surface area contributed by atoms with Crippen molar-refractivity contribution in [3.05, 3.63) is 11.7 Å². The standard InChI is InChI=1S/C11H19N3O/c1-3-4-5-9-13-11(15-14-9)10-8(2)6-7-12-10/h8,10,12H,3-7H2,1-2H3. The molecule has 1 aromatic rings. The lowest BCUT2D eigenvalue weighted by molar-refractivity contribution is 0.316. The van der Waals surface area contributed by atoms with Gasteiger partial charge in [0, 0.05) is 6.42 Å². The van der Waals surface area contributed by atoms with Crippen LogP contribution in [0.15, 0.2) is 4.52 Å². The summed E-state index contributed by atoms with van der Waals surface area (Å²) in [5.41, 5.74) is 0. The second-order valence-corrected chi connectivity index (χ2v) is 4.35. The van der Waals surface area contributed by atoms with Crippen LogP contribution in [0.4, 0.5) is 0 Å². The van der Waals surface area contributed by atoms with Gasteiger partial charge in [-0.25, -0.2) is 0 Å². The van der Waals surface area contributed by atoms with Gasteiger partial charge in [0.05, 0.1) is 6.04 Å². The minimum Gasteiger partial charge on any atom is -0.338 e. The zero-order chi connectivity index (χ0) is 10.7. The quantitative estimate of drug-likeness (QED) is 0.825. The first-order valence-electron chi connectivity index (χ1n) is 5.87. The van der Waals surface area contributed by atoms with Crippen LogP contribution in [0.1, 0.15) is 50.9 Å². The van der Waals surface area contributed by atoms with Crippen molar-refractivity contribution in [3.63, 3.8) is 0 Å². The van der Waals surface area contributed by atoms with Gasteiger partial charge >= 0.3 is 0 Å². The molecule has 1 aliphatic rings. The maximum absolute atomic E-state index is 5.29. The summed E-state index contributed by atoms with van der Waals surface area (Å²) in [7, 11) is 0. The third-order valence-corrected chi connectivity index (χ3v) is 3.04. The van der Waals surface area contributed by atoms with Crippen LogP contribution in [-0.4, -0.2) is 16.7 Å². The van der Waals surface area contributed by atoms with E-state index in [0.29, 0.717) is 5.92 Å². The van der Waals surface area contributed by atoms with E-state index in [1.807, 2.05) is 0 Å². The Morgan fingerprint density at radius 2 is 2.40 bits per heavy atom. The second kappa shape index (κ2) is 4.75. The van der Waals surface area contributed by atoms with Crippen molar-refractivity contribution in [1.82, 2.24) is 15.5 Å². The lowest BCUT2D eigenvalue weighted by atomic mass is 10.0. The van der Waals surface area contributed by atoms with Gasteiger partial charge in [-0.05, 0) is 25.3 Å². The molecule has 1 fully saturated rings. The van der Waals surface area contributed by atoms with Crippen LogP contribution >= 0.6 is 0 Å². The maximum Gasteiger partial charge on any atom is 0.244 e. The molecule has 0 bridgehead atoms. The molecule has 0 spiro atoms. The number of nitrogens with zero attached hydrogens (tertiary/aromatic N) is 2. The van der Waals surface area contributed by atoms with Crippen molar-refractivity contribution in [2.75, 3.05) is 6.54 Å². The molecule has 0 amide bonds.